The minimum atomic E-state index is -0.200. The highest BCUT2D eigenvalue weighted by molar-refractivity contribution is 5.85. The van der Waals surface area contributed by atoms with Crippen molar-refractivity contribution in [2.45, 2.75) is 26.3 Å². The van der Waals surface area contributed by atoms with E-state index in [4.69, 9.17) is 0 Å². The predicted octanol–water partition coefficient (Wildman–Crippen LogP) is 0.623. The Bertz CT molecular complexity index is 423. The van der Waals surface area contributed by atoms with E-state index in [1.807, 2.05) is 11.8 Å². The molecule has 2 heterocycles. The summed E-state index contributed by atoms with van der Waals surface area (Å²) in [6.45, 7) is 6.26. The largest absolute Gasteiger partial charge is 0.369 e. The Morgan fingerprint density at radius 3 is 3.17 bits per heavy atom. The number of anilines is 2. The van der Waals surface area contributed by atoms with Crippen molar-refractivity contribution in [1.82, 2.24) is 15.3 Å². The number of hydrogen-bond donors (Lipinski definition) is 2. The van der Waals surface area contributed by atoms with Crippen molar-refractivity contribution in [2.75, 3.05) is 29.9 Å². The third-order valence-electron chi connectivity index (χ3n) is 2.97. The zero-order chi connectivity index (χ0) is 13.0. The molecule has 0 saturated carbocycles. The third-order valence-corrected chi connectivity index (χ3v) is 2.97. The molecule has 1 aliphatic rings. The number of carbonyl (C=O) groups excluding carboxylic acids is 1. The van der Waals surface area contributed by atoms with E-state index in [9.17, 15) is 4.79 Å². The molecule has 6 heteroatoms. The molecule has 2 rings (SSSR count). The number of nitrogens with one attached hydrogen (secondary N) is 2. The number of hydrogen-bond acceptors (Lipinski definition) is 5. The van der Waals surface area contributed by atoms with Crippen LogP contribution in [-0.4, -0.2) is 41.6 Å². The Morgan fingerprint density at radius 2 is 2.39 bits per heavy atom. The van der Waals surface area contributed by atoms with E-state index in [1.54, 1.807) is 12.4 Å². The summed E-state index contributed by atoms with van der Waals surface area (Å²) in [5, 5.41) is 6.04. The lowest BCUT2D eigenvalue weighted by molar-refractivity contribution is -0.122. The smallest absolute Gasteiger partial charge is 0.242 e. The van der Waals surface area contributed by atoms with Crippen LogP contribution in [0.4, 0.5) is 11.6 Å². The van der Waals surface area contributed by atoms with Crippen molar-refractivity contribution >= 4 is 17.5 Å². The van der Waals surface area contributed by atoms with E-state index >= 15 is 0 Å². The molecule has 18 heavy (non-hydrogen) atoms. The summed E-state index contributed by atoms with van der Waals surface area (Å²) >= 11 is 0. The topological polar surface area (TPSA) is 70.2 Å². The molecule has 0 bridgehead atoms. The fourth-order valence-electron chi connectivity index (χ4n) is 1.93. The lowest BCUT2D eigenvalue weighted by Gasteiger charge is -2.33. The summed E-state index contributed by atoms with van der Waals surface area (Å²) in [4.78, 5) is 22.3. The van der Waals surface area contributed by atoms with Gasteiger partial charge in [-0.05, 0) is 13.3 Å². The second-order valence-corrected chi connectivity index (χ2v) is 4.35. The zero-order valence-corrected chi connectivity index (χ0v) is 10.8. The molecule has 1 amide bonds. The summed E-state index contributed by atoms with van der Waals surface area (Å²) in [5.41, 5.74) is 0. The maximum Gasteiger partial charge on any atom is 0.242 e. The number of piperazine rings is 1. The summed E-state index contributed by atoms with van der Waals surface area (Å²) < 4.78 is 0. The van der Waals surface area contributed by atoms with Gasteiger partial charge in [0.15, 0.2) is 0 Å². The van der Waals surface area contributed by atoms with Gasteiger partial charge in [0.1, 0.15) is 17.7 Å². The molecule has 6 nitrogen and oxygen atoms in total. The Kier molecular flexibility index (Phi) is 3.96. The molecule has 0 spiro atoms. The molecule has 1 saturated heterocycles. The molecule has 98 valence electrons. The lowest BCUT2D eigenvalue weighted by atomic mass is 10.2. The van der Waals surface area contributed by atoms with Gasteiger partial charge >= 0.3 is 0 Å². The van der Waals surface area contributed by atoms with Gasteiger partial charge < -0.3 is 15.5 Å². The van der Waals surface area contributed by atoms with Crippen LogP contribution < -0.4 is 15.5 Å². The molecule has 1 atom stereocenters. The number of aromatic nitrogens is 2. The van der Waals surface area contributed by atoms with Gasteiger partial charge in [0, 0.05) is 19.6 Å². The van der Waals surface area contributed by atoms with Gasteiger partial charge in [-0.2, -0.15) is 0 Å². The van der Waals surface area contributed by atoms with Gasteiger partial charge in [0.2, 0.25) is 5.91 Å². The fourth-order valence-corrected chi connectivity index (χ4v) is 1.93. The molecule has 0 radical (unpaired) electrons. The Labute approximate surface area is 107 Å². The van der Waals surface area contributed by atoms with Crippen molar-refractivity contribution in [3.05, 3.63) is 12.4 Å². The number of carbonyl (C=O) groups is 1. The monoisotopic (exact) mass is 249 g/mol. The van der Waals surface area contributed by atoms with Crippen molar-refractivity contribution in [3.8, 4) is 0 Å². The Morgan fingerprint density at radius 1 is 1.56 bits per heavy atom. The summed E-state index contributed by atoms with van der Waals surface area (Å²) in [5.74, 6) is 1.54. The highest BCUT2D eigenvalue weighted by Gasteiger charge is 2.26. The SMILES string of the molecule is CCCNc1cncc(N2CCNC(=O)C2C)n1. The molecular formula is C12H19N5O. The highest BCUT2D eigenvalue weighted by atomic mass is 16.2. The van der Waals surface area contributed by atoms with Gasteiger partial charge in [0.05, 0.1) is 12.4 Å². The molecule has 0 aliphatic carbocycles. The van der Waals surface area contributed by atoms with Gasteiger partial charge in [-0.25, -0.2) is 4.98 Å². The van der Waals surface area contributed by atoms with Crippen LogP contribution in [0, 0.1) is 0 Å². The van der Waals surface area contributed by atoms with E-state index in [1.165, 1.54) is 0 Å². The van der Waals surface area contributed by atoms with E-state index in [2.05, 4.69) is 27.5 Å². The van der Waals surface area contributed by atoms with E-state index in [0.717, 1.165) is 31.1 Å². The van der Waals surface area contributed by atoms with Crippen LogP contribution in [0.5, 0.6) is 0 Å². The molecule has 1 aromatic rings. The van der Waals surface area contributed by atoms with Crippen LogP contribution in [0.1, 0.15) is 20.3 Å². The first kappa shape index (κ1) is 12.6. The quantitative estimate of drug-likeness (QED) is 0.818. The number of amides is 1. The maximum atomic E-state index is 11.6. The second-order valence-electron chi connectivity index (χ2n) is 4.35. The van der Waals surface area contributed by atoms with Gasteiger partial charge in [0.25, 0.3) is 0 Å². The minimum absolute atomic E-state index is 0.0370. The summed E-state index contributed by atoms with van der Waals surface area (Å²) in [7, 11) is 0. The Hall–Kier alpha value is -1.85. The molecular weight excluding hydrogens is 230 g/mol. The van der Waals surface area contributed by atoms with Gasteiger partial charge in [-0.3, -0.25) is 9.78 Å². The van der Waals surface area contributed by atoms with Crippen LogP contribution in [0.15, 0.2) is 12.4 Å². The standard InChI is InChI=1S/C12H19N5O/c1-3-4-14-10-7-13-8-11(16-10)17-6-5-15-12(18)9(17)2/h7-9H,3-6H2,1-2H3,(H,14,16)(H,15,18). The number of rotatable bonds is 4. The van der Waals surface area contributed by atoms with E-state index < -0.39 is 0 Å². The van der Waals surface area contributed by atoms with Crippen molar-refractivity contribution in [2.24, 2.45) is 0 Å². The van der Waals surface area contributed by atoms with Crippen LogP contribution in [0.25, 0.3) is 0 Å². The second kappa shape index (κ2) is 5.66. The van der Waals surface area contributed by atoms with Crippen LogP contribution in [-0.2, 0) is 4.79 Å². The third kappa shape index (κ3) is 2.69. The van der Waals surface area contributed by atoms with Crippen molar-refractivity contribution in [3.63, 3.8) is 0 Å². The summed E-state index contributed by atoms with van der Waals surface area (Å²) in [6.07, 6.45) is 4.44. The molecule has 0 aromatic carbocycles. The first-order chi connectivity index (χ1) is 8.72. The first-order valence-corrected chi connectivity index (χ1v) is 6.32. The zero-order valence-electron chi connectivity index (χ0n) is 10.8. The lowest BCUT2D eigenvalue weighted by Crippen LogP contribution is -2.54. The Balaban J connectivity index is 2.14. The molecule has 1 aromatic heterocycles. The normalized spacial score (nSPS) is 19.6. The summed E-state index contributed by atoms with van der Waals surface area (Å²) in [6, 6.07) is -0.200. The van der Waals surface area contributed by atoms with Crippen LogP contribution in [0.3, 0.4) is 0 Å². The van der Waals surface area contributed by atoms with Crippen LogP contribution >= 0.6 is 0 Å². The fraction of sp³-hybridized carbons (Fsp3) is 0.583. The molecule has 2 N–H and O–H groups in total. The average molecular weight is 249 g/mol. The predicted molar refractivity (Wildman–Crippen MR) is 70.6 cm³/mol. The molecule has 1 fully saturated rings. The molecule has 1 aliphatic heterocycles. The average Bonchev–Trinajstić information content (AvgIpc) is 2.40. The van der Waals surface area contributed by atoms with E-state index in [-0.39, 0.29) is 11.9 Å². The van der Waals surface area contributed by atoms with Crippen LogP contribution in [0.2, 0.25) is 0 Å². The highest BCUT2D eigenvalue weighted by Crippen LogP contribution is 2.16. The van der Waals surface area contributed by atoms with E-state index in [0.29, 0.717) is 6.54 Å². The van der Waals surface area contributed by atoms with Crippen molar-refractivity contribution < 1.29 is 4.79 Å². The number of nitrogens with zero attached hydrogens (tertiary/aromatic N) is 3. The van der Waals surface area contributed by atoms with Gasteiger partial charge in [-0.15, -0.1) is 0 Å². The van der Waals surface area contributed by atoms with Crippen molar-refractivity contribution in [1.29, 1.82) is 0 Å². The maximum absolute atomic E-state index is 11.6. The molecule has 1 unspecified atom stereocenters. The minimum Gasteiger partial charge on any atom is -0.369 e. The van der Waals surface area contributed by atoms with Gasteiger partial charge in [-0.1, -0.05) is 6.92 Å². The first-order valence-electron chi connectivity index (χ1n) is 6.32.